The molecule has 1 unspecified atom stereocenters. The largest absolute Gasteiger partial charge is 0.436 e. The first-order valence-corrected chi connectivity index (χ1v) is 11.2. The van der Waals surface area contributed by atoms with Crippen molar-refractivity contribution >= 4 is 16.7 Å². The molecule has 3 heterocycles. The van der Waals surface area contributed by atoms with Crippen LogP contribution in [0.25, 0.3) is 10.8 Å². The number of para-hydroxylation sites is 1. The molecule has 2 aromatic carbocycles. The second-order valence-corrected chi connectivity index (χ2v) is 8.33. The van der Waals surface area contributed by atoms with E-state index in [1.54, 1.807) is 30.5 Å². The molecule has 1 saturated heterocycles. The number of nitrogens with zero attached hydrogens (tertiary/aromatic N) is 3. The summed E-state index contributed by atoms with van der Waals surface area (Å²) in [7, 11) is 0. The minimum absolute atomic E-state index is 0.0631. The molecule has 0 saturated carbocycles. The Morgan fingerprint density at radius 3 is 2.94 bits per heavy atom. The molecular weight excluding hydrogens is 433 g/mol. The number of halogens is 1. The first-order chi connectivity index (χ1) is 16.7. The first kappa shape index (κ1) is 22.0. The molecule has 0 aliphatic carbocycles. The number of carbonyl (C=O) groups excluding carboxylic acids is 1. The molecule has 4 aromatic rings. The van der Waals surface area contributed by atoms with Crippen LogP contribution in [0, 0.1) is 11.7 Å². The summed E-state index contributed by atoms with van der Waals surface area (Å²) in [6.45, 7) is 2.14. The zero-order valence-corrected chi connectivity index (χ0v) is 18.6. The van der Waals surface area contributed by atoms with Crippen LogP contribution in [-0.2, 0) is 11.2 Å². The SMILES string of the molecule is O=C(c1ccnc(Oc2ccccc2F)c1)N1CCOCC(Cc2cccc3cnccc23)C1. The Balaban J connectivity index is 1.32. The van der Waals surface area contributed by atoms with Gasteiger partial charge in [-0.15, -0.1) is 0 Å². The van der Waals surface area contributed by atoms with E-state index in [1.165, 1.54) is 29.3 Å². The molecule has 1 aliphatic heterocycles. The highest BCUT2D eigenvalue weighted by Gasteiger charge is 2.24. The molecule has 2 aromatic heterocycles. The molecule has 7 heteroatoms. The Morgan fingerprint density at radius 2 is 2.03 bits per heavy atom. The third-order valence-corrected chi connectivity index (χ3v) is 5.94. The normalized spacial score (nSPS) is 16.3. The molecule has 0 N–H and O–H groups in total. The molecule has 0 bridgehead atoms. The molecule has 1 amide bonds. The van der Waals surface area contributed by atoms with Gasteiger partial charge in [-0.05, 0) is 41.6 Å². The van der Waals surface area contributed by atoms with Crippen LogP contribution in [0.2, 0.25) is 0 Å². The summed E-state index contributed by atoms with van der Waals surface area (Å²) >= 11 is 0. The number of aromatic nitrogens is 2. The van der Waals surface area contributed by atoms with E-state index in [0.29, 0.717) is 31.9 Å². The summed E-state index contributed by atoms with van der Waals surface area (Å²) in [4.78, 5) is 23.5. The lowest BCUT2D eigenvalue weighted by Gasteiger charge is -2.24. The van der Waals surface area contributed by atoms with Gasteiger partial charge in [0.25, 0.3) is 5.91 Å². The van der Waals surface area contributed by atoms with Crippen LogP contribution >= 0.6 is 0 Å². The van der Waals surface area contributed by atoms with E-state index in [2.05, 4.69) is 22.1 Å². The summed E-state index contributed by atoms with van der Waals surface area (Å²) in [5.74, 6) is -0.228. The maximum absolute atomic E-state index is 13.9. The van der Waals surface area contributed by atoms with Crippen molar-refractivity contribution < 1.29 is 18.7 Å². The number of rotatable bonds is 5. The van der Waals surface area contributed by atoms with Gasteiger partial charge in [0, 0.05) is 54.6 Å². The van der Waals surface area contributed by atoms with Crippen LogP contribution in [-0.4, -0.2) is 47.1 Å². The fourth-order valence-electron chi connectivity index (χ4n) is 4.29. The Morgan fingerprint density at radius 1 is 1.12 bits per heavy atom. The molecule has 172 valence electrons. The van der Waals surface area contributed by atoms with Crippen molar-refractivity contribution in [1.82, 2.24) is 14.9 Å². The number of hydrogen-bond acceptors (Lipinski definition) is 5. The molecule has 0 spiro atoms. The van der Waals surface area contributed by atoms with Crippen LogP contribution in [0.1, 0.15) is 15.9 Å². The molecule has 1 atom stereocenters. The van der Waals surface area contributed by atoms with E-state index in [4.69, 9.17) is 9.47 Å². The Labute approximate surface area is 197 Å². The van der Waals surface area contributed by atoms with Crippen LogP contribution in [0.4, 0.5) is 4.39 Å². The van der Waals surface area contributed by atoms with Crippen molar-refractivity contribution in [2.75, 3.05) is 26.3 Å². The number of amides is 1. The van der Waals surface area contributed by atoms with E-state index in [9.17, 15) is 9.18 Å². The highest BCUT2D eigenvalue weighted by molar-refractivity contribution is 5.94. The van der Waals surface area contributed by atoms with Crippen molar-refractivity contribution in [3.63, 3.8) is 0 Å². The zero-order chi connectivity index (χ0) is 23.3. The fraction of sp³-hybridized carbons (Fsp3) is 0.222. The van der Waals surface area contributed by atoms with Crippen LogP contribution in [0.15, 0.2) is 79.3 Å². The first-order valence-electron chi connectivity index (χ1n) is 11.2. The van der Waals surface area contributed by atoms with Crippen molar-refractivity contribution in [1.29, 1.82) is 0 Å². The third kappa shape index (κ3) is 4.89. The van der Waals surface area contributed by atoms with E-state index in [0.717, 1.165) is 11.8 Å². The maximum atomic E-state index is 13.9. The lowest BCUT2D eigenvalue weighted by molar-refractivity contribution is 0.0737. The number of benzene rings is 2. The average molecular weight is 458 g/mol. The lowest BCUT2D eigenvalue weighted by Crippen LogP contribution is -2.36. The Hall–Kier alpha value is -3.84. The van der Waals surface area contributed by atoms with Crippen molar-refractivity contribution in [3.05, 3.63) is 96.2 Å². The van der Waals surface area contributed by atoms with Crippen molar-refractivity contribution in [2.24, 2.45) is 5.92 Å². The lowest BCUT2D eigenvalue weighted by atomic mass is 9.95. The molecule has 34 heavy (non-hydrogen) atoms. The molecule has 5 rings (SSSR count). The van der Waals surface area contributed by atoms with Gasteiger partial charge in [-0.2, -0.15) is 0 Å². The molecule has 1 fully saturated rings. The predicted octanol–water partition coefficient (Wildman–Crippen LogP) is 4.89. The zero-order valence-electron chi connectivity index (χ0n) is 18.6. The van der Waals surface area contributed by atoms with E-state index < -0.39 is 5.82 Å². The quantitative estimate of drug-likeness (QED) is 0.427. The van der Waals surface area contributed by atoms with Gasteiger partial charge >= 0.3 is 0 Å². The van der Waals surface area contributed by atoms with Gasteiger partial charge < -0.3 is 14.4 Å². The van der Waals surface area contributed by atoms with E-state index >= 15 is 0 Å². The van der Waals surface area contributed by atoms with Crippen molar-refractivity contribution in [2.45, 2.75) is 6.42 Å². The summed E-state index contributed by atoms with van der Waals surface area (Å²) < 4.78 is 25.3. The minimum atomic E-state index is -0.488. The van der Waals surface area contributed by atoms with Crippen LogP contribution in [0.3, 0.4) is 0 Å². The van der Waals surface area contributed by atoms with Gasteiger partial charge in [-0.3, -0.25) is 9.78 Å². The monoisotopic (exact) mass is 457 g/mol. The van der Waals surface area contributed by atoms with Crippen LogP contribution in [0.5, 0.6) is 11.6 Å². The fourth-order valence-corrected chi connectivity index (χ4v) is 4.29. The van der Waals surface area contributed by atoms with Crippen LogP contribution < -0.4 is 4.74 Å². The summed E-state index contributed by atoms with van der Waals surface area (Å²) in [5.41, 5.74) is 1.66. The number of ether oxygens (including phenoxy) is 2. The molecule has 0 radical (unpaired) electrons. The number of carbonyl (C=O) groups is 1. The summed E-state index contributed by atoms with van der Waals surface area (Å²) in [6, 6.07) is 17.5. The number of hydrogen-bond donors (Lipinski definition) is 0. The smallest absolute Gasteiger partial charge is 0.254 e. The van der Waals surface area contributed by atoms with E-state index in [-0.39, 0.29) is 23.5 Å². The minimum Gasteiger partial charge on any atom is -0.436 e. The number of fused-ring (bicyclic) bond motifs is 1. The van der Waals surface area contributed by atoms with Gasteiger partial charge in [0.15, 0.2) is 11.6 Å². The summed E-state index contributed by atoms with van der Waals surface area (Å²) in [6.07, 6.45) is 5.96. The Bertz CT molecular complexity index is 1310. The van der Waals surface area contributed by atoms with Gasteiger partial charge in [-0.1, -0.05) is 30.3 Å². The van der Waals surface area contributed by atoms with Gasteiger partial charge in [0.05, 0.1) is 13.2 Å². The summed E-state index contributed by atoms with van der Waals surface area (Å²) in [5, 5.41) is 2.27. The second-order valence-electron chi connectivity index (χ2n) is 8.33. The molecule has 1 aliphatic rings. The highest BCUT2D eigenvalue weighted by Crippen LogP contribution is 2.25. The van der Waals surface area contributed by atoms with Gasteiger partial charge in [0.1, 0.15) is 0 Å². The number of pyridine rings is 2. The standard InChI is InChI=1S/C27H24FN3O3/c28-24-6-1-2-7-25(24)34-26-15-21(8-11-30-26)27(32)31-12-13-33-18-19(17-31)14-20-4-3-5-22-16-29-10-9-23(20)22/h1-11,15-16,19H,12-14,17-18H2. The Kier molecular flexibility index (Phi) is 6.44. The van der Waals surface area contributed by atoms with E-state index in [1.807, 2.05) is 23.2 Å². The maximum Gasteiger partial charge on any atom is 0.254 e. The van der Waals surface area contributed by atoms with Crippen molar-refractivity contribution in [3.8, 4) is 11.6 Å². The second kappa shape index (κ2) is 9.97. The molecule has 6 nitrogen and oxygen atoms in total. The van der Waals surface area contributed by atoms with Gasteiger partial charge in [0.2, 0.25) is 5.88 Å². The third-order valence-electron chi connectivity index (χ3n) is 5.94. The average Bonchev–Trinajstić information content (AvgIpc) is 3.11. The topological polar surface area (TPSA) is 64.5 Å². The predicted molar refractivity (Wildman–Crippen MR) is 126 cm³/mol. The highest BCUT2D eigenvalue weighted by atomic mass is 19.1. The molecular formula is C27H24FN3O3. The van der Waals surface area contributed by atoms with Gasteiger partial charge in [-0.25, -0.2) is 9.37 Å².